The number of amides is 2. The van der Waals surface area contributed by atoms with Gasteiger partial charge >= 0.3 is 0 Å². The largest absolute Gasteiger partial charge is 0.474 e. The summed E-state index contributed by atoms with van der Waals surface area (Å²) in [6.07, 6.45) is 9.91. The molecule has 0 spiro atoms. The minimum Gasteiger partial charge on any atom is -0.474 e. The number of piperazine rings is 1. The molecule has 310 valence electrons. The van der Waals surface area contributed by atoms with Gasteiger partial charge in [0.2, 0.25) is 17.7 Å². The molecule has 0 bridgehead atoms. The Morgan fingerprint density at radius 1 is 1.05 bits per heavy atom. The van der Waals surface area contributed by atoms with E-state index in [1.807, 2.05) is 23.2 Å². The summed E-state index contributed by atoms with van der Waals surface area (Å²) < 4.78 is 21.1. The van der Waals surface area contributed by atoms with Gasteiger partial charge in [-0.05, 0) is 98.8 Å². The Labute approximate surface area is 347 Å². The Hall–Kier alpha value is -5.23. The molecule has 3 saturated heterocycles. The number of anilines is 3. The van der Waals surface area contributed by atoms with Gasteiger partial charge in [0.05, 0.1) is 36.5 Å². The summed E-state index contributed by atoms with van der Waals surface area (Å²) in [6.45, 7) is 16.5. The minimum absolute atomic E-state index is 0.0796. The number of dihydropyridines is 1. The van der Waals surface area contributed by atoms with Crippen LogP contribution in [0.4, 0.5) is 21.5 Å². The van der Waals surface area contributed by atoms with Crippen LogP contribution in [0.25, 0.3) is 0 Å². The lowest BCUT2D eigenvalue weighted by Crippen LogP contribution is -2.51. The molecule has 12 heteroatoms. The topological polar surface area (TPSA) is 114 Å². The molecule has 9 rings (SSSR count). The molecule has 2 aromatic carbocycles. The normalized spacial score (nSPS) is 25.9. The molecular formula is C47H57FN8O3. The molecule has 3 N–H and O–H groups in total. The zero-order chi connectivity index (χ0) is 40.8. The number of piperidine rings is 2. The number of rotatable bonds is 8. The molecule has 3 aromatic rings. The number of nitrogens with zero attached hydrogens (tertiary/aromatic N) is 5. The van der Waals surface area contributed by atoms with Crippen molar-refractivity contribution in [1.29, 1.82) is 0 Å². The number of hydrogen-bond donors (Lipinski definition) is 3. The number of fused-ring (bicyclic) bond motifs is 2. The highest BCUT2D eigenvalue weighted by atomic mass is 19.1. The number of aliphatic imine (C=N–C) groups is 1. The van der Waals surface area contributed by atoms with Crippen LogP contribution in [0.5, 0.6) is 5.88 Å². The van der Waals surface area contributed by atoms with Crippen molar-refractivity contribution >= 4 is 34.6 Å². The number of allylic oxidation sites excluding steroid dienone is 1. The molecular weight excluding hydrogens is 744 g/mol. The van der Waals surface area contributed by atoms with E-state index < -0.39 is 5.92 Å². The Bertz CT molecular complexity index is 2210. The zero-order valence-corrected chi connectivity index (χ0v) is 34.7. The SMILES string of the molecule is C=C1CCC(c2ccc(C3CCC(N4CCN(C(=O)Cc5ccc(NC6N=C7CN(c8cnc9c(c8C)NCCO9)CCC7=CC6C)cc5C)CC4)C3)cc2F)C(=O)N1. The van der Waals surface area contributed by atoms with Crippen molar-refractivity contribution in [3.8, 4) is 5.88 Å². The van der Waals surface area contributed by atoms with Crippen LogP contribution in [-0.2, 0) is 16.0 Å². The highest BCUT2D eigenvalue weighted by Gasteiger charge is 2.35. The molecule has 5 aliphatic heterocycles. The third-order valence-electron chi connectivity index (χ3n) is 13.7. The molecule has 0 radical (unpaired) electrons. The first-order chi connectivity index (χ1) is 28.6. The molecule has 6 heterocycles. The number of halogens is 1. The second-order valence-electron chi connectivity index (χ2n) is 17.5. The van der Waals surface area contributed by atoms with E-state index in [2.05, 4.69) is 82.4 Å². The number of aryl methyl sites for hydroxylation is 1. The maximum atomic E-state index is 15.3. The van der Waals surface area contributed by atoms with Gasteiger partial charge in [-0.1, -0.05) is 37.8 Å². The van der Waals surface area contributed by atoms with Gasteiger partial charge in [-0.25, -0.2) is 9.37 Å². The molecule has 5 unspecified atom stereocenters. The Balaban J connectivity index is 0.762. The fraction of sp³-hybridized carbons (Fsp3) is 0.489. The predicted molar refractivity (Wildman–Crippen MR) is 231 cm³/mol. The lowest BCUT2D eigenvalue weighted by Gasteiger charge is -2.38. The number of pyridine rings is 1. The number of nitrogens with one attached hydrogen (secondary N) is 3. The predicted octanol–water partition coefficient (Wildman–Crippen LogP) is 6.84. The summed E-state index contributed by atoms with van der Waals surface area (Å²) in [4.78, 5) is 42.9. The molecule has 5 atom stereocenters. The molecule has 1 aliphatic carbocycles. The number of ether oxygens (including phenoxy) is 1. The lowest BCUT2D eigenvalue weighted by molar-refractivity contribution is -0.132. The minimum atomic E-state index is -0.462. The van der Waals surface area contributed by atoms with Crippen molar-refractivity contribution in [3.05, 3.63) is 100 Å². The van der Waals surface area contributed by atoms with Crippen LogP contribution in [0.15, 0.2) is 71.5 Å². The zero-order valence-electron chi connectivity index (χ0n) is 34.7. The summed E-state index contributed by atoms with van der Waals surface area (Å²) in [5.41, 5.74) is 11.1. The Morgan fingerprint density at radius 2 is 1.90 bits per heavy atom. The van der Waals surface area contributed by atoms with E-state index >= 15 is 4.39 Å². The first-order valence-electron chi connectivity index (χ1n) is 21.6. The van der Waals surface area contributed by atoms with Crippen molar-refractivity contribution < 1.29 is 18.7 Å². The third kappa shape index (κ3) is 8.08. The smallest absolute Gasteiger partial charge is 0.237 e. The van der Waals surface area contributed by atoms with Gasteiger partial charge in [-0.3, -0.25) is 19.5 Å². The average molecular weight is 801 g/mol. The van der Waals surface area contributed by atoms with Crippen molar-refractivity contribution in [1.82, 2.24) is 20.1 Å². The third-order valence-corrected chi connectivity index (χ3v) is 13.7. The number of hydrogen-bond acceptors (Lipinski definition) is 9. The monoisotopic (exact) mass is 800 g/mol. The summed E-state index contributed by atoms with van der Waals surface area (Å²) in [5.74, 6) is 0.485. The van der Waals surface area contributed by atoms with Crippen LogP contribution in [0.1, 0.15) is 85.1 Å². The van der Waals surface area contributed by atoms with Gasteiger partial charge < -0.3 is 30.5 Å². The maximum Gasteiger partial charge on any atom is 0.237 e. The fourth-order valence-corrected chi connectivity index (χ4v) is 10.2. The summed E-state index contributed by atoms with van der Waals surface area (Å²) in [7, 11) is 0. The van der Waals surface area contributed by atoms with Gasteiger partial charge in [-0.15, -0.1) is 0 Å². The first kappa shape index (κ1) is 39.2. The van der Waals surface area contributed by atoms with E-state index in [1.54, 1.807) is 6.07 Å². The first-order valence-corrected chi connectivity index (χ1v) is 21.6. The number of benzene rings is 2. The molecule has 1 saturated carbocycles. The number of carbonyl (C=O) groups excluding carboxylic acids is 2. The van der Waals surface area contributed by atoms with Gasteiger partial charge in [0, 0.05) is 73.7 Å². The van der Waals surface area contributed by atoms with E-state index in [4.69, 9.17) is 9.73 Å². The van der Waals surface area contributed by atoms with E-state index in [1.165, 1.54) is 5.57 Å². The van der Waals surface area contributed by atoms with Crippen molar-refractivity contribution in [2.45, 2.75) is 89.8 Å². The van der Waals surface area contributed by atoms with Crippen LogP contribution < -0.4 is 25.6 Å². The van der Waals surface area contributed by atoms with Crippen molar-refractivity contribution in [2.24, 2.45) is 10.9 Å². The van der Waals surface area contributed by atoms with Crippen LogP contribution >= 0.6 is 0 Å². The van der Waals surface area contributed by atoms with E-state index in [9.17, 15) is 9.59 Å². The van der Waals surface area contributed by atoms with E-state index in [0.717, 1.165) is 117 Å². The van der Waals surface area contributed by atoms with Gasteiger partial charge in [0.25, 0.3) is 0 Å². The van der Waals surface area contributed by atoms with Gasteiger partial charge in [0.15, 0.2) is 0 Å². The quantitative estimate of drug-likeness (QED) is 0.227. The highest BCUT2D eigenvalue weighted by molar-refractivity contribution is 6.05. The van der Waals surface area contributed by atoms with Crippen LogP contribution in [0, 0.1) is 25.6 Å². The van der Waals surface area contributed by atoms with Gasteiger partial charge in [0.1, 0.15) is 24.3 Å². The van der Waals surface area contributed by atoms with Crippen LogP contribution in [0.3, 0.4) is 0 Å². The molecule has 2 amide bonds. The van der Waals surface area contributed by atoms with E-state index in [-0.39, 0.29) is 29.7 Å². The second-order valence-corrected chi connectivity index (χ2v) is 17.5. The molecule has 1 aromatic heterocycles. The van der Waals surface area contributed by atoms with Gasteiger partial charge in [-0.2, -0.15) is 0 Å². The van der Waals surface area contributed by atoms with Crippen LogP contribution in [-0.4, -0.2) is 96.9 Å². The van der Waals surface area contributed by atoms with E-state index in [0.29, 0.717) is 55.0 Å². The fourth-order valence-electron chi connectivity index (χ4n) is 10.2. The molecule has 6 aliphatic rings. The van der Waals surface area contributed by atoms with Crippen molar-refractivity contribution in [2.75, 3.05) is 68.0 Å². The molecule has 59 heavy (non-hydrogen) atoms. The average Bonchev–Trinajstić information content (AvgIpc) is 3.73. The number of aromatic nitrogens is 1. The second kappa shape index (κ2) is 16.4. The lowest BCUT2D eigenvalue weighted by atomic mass is 9.87. The highest BCUT2D eigenvalue weighted by Crippen LogP contribution is 2.40. The van der Waals surface area contributed by atoms with Crippen LogP contribution in [0.2, 0.25) is 0 Å². The standard InChI is InChI=1S/C47H57FN8O3/c1-28-22-36(52-45-29(2)21-35-13-15-56(27-41(35)53-45)42-26-50-47-44(31(42)4)49-14-20-59-47)9-6-32(28)25-43(57)55-18-16-54(17-19-55)37-10-7-33(23-37)34-8-12-38(40(48)24-34)39-11-5-30(3)51-46(39)58/h6,8-9,12,21-22,24,26,29,33,37,39,45,49,52H,3,5,7,10-11,13-20,23,25,27H2,1-2,4H3,(H,51,58). The summed E-state index contributed by atoms with van der Waals surface area (Å²) in [6, 6.07) is 12.3. The number of carbonyl (C=O) groups is 2. The summed E-state index contributed by atoms with van der Waals surface area (Å²) >= 11 is 0. The van der Waals surface area contributed by atoms with Crippen molar-refractivity contribution in [3.63, 3.8) is 0 Å². The Morgan fingerprint density at radius 3 is 2.69 bits per heavy atom. The maximum absolute atomic E-state index is 15.3. The summed E-state index contributed by atoms with van der Waals surface area (Å²) in [5, 5.41) is 9.94. The Kier molecular flexibility index (Phi) is 10.9. The molecule has 11 nitrogen and oxygen atoms in total. The molecule has 4 fully saturated rings.